The molecule has 0 aliphatic heterocycles. The predicted octanol–water partition coefficient (Wildman–Crippen LogP) is 4.45. The van der Waals surface area contributed by atoms with E-state index in [-0.39, 0.29) is 23.7 Å². The van der Waals surface area contributed by atoms with Gasteiger partial charge in [0.15, 0.2) is 0 Å². The van der Waals surface area contributed by atoms with Gasteiger partial charge in [0.1, 0.15) is 11.6 Å². The first-order valence-electron chi connectivity index (χ1n) is 6.38. The van der Waals surface area contributed by atoms with Crippen molar-refractivity contribution in [2.45, 2.75) is 19.5 Å². The van der Waals surface area contributed by atoms with E-state index >= 15 is 0 Å². The standard InChI is InChI=1S/C16H13BrF2N2/c1-10(12-3-2-4-13(17)7-12)21-9-14-15(18)5-11(8-20)6-16(14)19/h2-7,10,21H,9H2,1H3/t10-/m0/s1. The van der Waals surface area contributed by atoms with E-state index < -0.39 is 11.6 Å². The van der Waals surface area contributed by atoms with Crippen molar-refractivity contribution in [3.8, 4) is 6.07 Å². The Labute approximate surface area is 130 Å². The van der Waals surface area contributed by atoms with Gasteiger partial charge in [-0.2, -0.15) is 5.26 Å². The van der Waals surface area contributed by atoms with E-state index in [1.54, 1.807) is 6.07 Å². The van der Waals surface area contributed by atoms with Crippen molar-refractivity contribution in [2.24, 2.45) is 0 Å². The van der Waals surface area contributed by atoms with Gasteiger partial charge >= 0.3 is 0 Å². The molecule has 0 spiro atoms. The number of nitriles is 1. The van der Waals surface area contributed by atoms with E-state index in [9.17, 15) is 8.78 Å². The summed E-state index contributed by atoms with van der Waals surface area (Å²) in [6.45, 7) is 1.97. The van der Waals surface area contributed by atoms with Gasteiger partial charge in [-0.15, -0.1) is 0 Å². The number of nitrogens with zero attached hydrogens (tertiary/aromatic N) is 1. The van der Waals surface area contributed by atoms with Crippen LogP contribution in [0.4, 0.5) is 8.78 Å². The van der Waals surface area contributed by atoms with Gasteiger partial charge in [-0.1, -0.05) is 28.1 Å². The maximum Gasteiger partial charge on any atom is 0.131 e. The van der Waals surface area contributed by atoms with Crippen molar-refractivity contribution in [3.63, 3.8) is 0 Å². The van der Waals surface area contributed by atoms with Crippen molar-refractivity contribution in [3.05, 3.63) is 69.2 Å². The Bertz CT molecular complexity index is 672. The van der Waals surface area contributed by atoms with Gasteiger partial charge in [-0.05, 0) is 36.8 Å². The van der Waals surface area contributed by atoms with Crippen molar-refractivity contribution in [1.29, 1.82) is 5.26 Å². The predicted molar refractivity (Wildman–Crippen MR) is 80.5 cm³/mol. The molecule has 0 fully saturated rings. The average Bonchev–Trinajstić information content (AvgIpc) is 2.45. The molecule has 0 saturated carbocycles. The molecule has 2 aromatic rings. The topological polar surface area (TPSA) is 35.8 Å². The van der Waals surface area contributed by atoms with Gasteiger partial charge in [0, 0.05) is 22.6 Å². The minimum atomic E-state index is -0.708. The SMILES string of the molecule is C[C@H](NCc1c(F)cc(C#N)cc1F)c1cccc(Br)c1. The summed E-state index contributed by atoms with van der Waals surface area (Å²) < 4.78 is 28.5. The molecule has 0 saturated heterocycles. The van der Waals surface area contributed by atoms with E-state index in [0.29, 0.717) is 0 Å². The highest BCUT2D eigenvalue weighted by Gasteiger charge is 2.13. The summed E-state index contributed by atoms with van der Waals surface area (Å²) in [5.74, 6) is -1.42. The second kappa shape index (κ2) is 6.79. The Morgan fingerprint density at radius 3 is 2.48 bits per heavy atom. The molecule has 0 unspecified atom stereocenters. The molecule has 5 heteroatoms. The van der Waals surface area contributed by atoms with Crippen LogP contribution in [0.2, 0.25) is 0 Å². The second-order valence-corrected chi connectivity index (χ2v) is 5.60. The second-order valence-electron chi connectivity index (χ2n) is 4.69. The Morgan fingerprint density at radius 1 is 1.24 bits per heavy atom. The monoisotopic (exact) mass is 350 g/mol. The lowest BCUT2D eigenvalue weighted by molar-refractivity contribution is 0.508. The molecular weight excluding hydrogens is 338 g/mol. The Balaban J connectivity index is 2.12. The van der Waals surface area contributed by atoms with Gasteiger partial charge in [0.2, 0.25) is 0 Å². The molecule has 1 atom stereocenters. The van der Waals surface area contributed by atoms with E-state index in [1.165, 1.54) is 0 Å². The summed E-state index contributed by atoms with van der Waals surface area (Å²) >= 11 is 3.39. The molecule has 21 heavy (non-hydrogen) atoms. The van der Waals surface area contributed by atoms with Crippen LogP contribution in [0.1, 0.15) is 29.7 Å². The van der Waals surface area contributed by atoms with Crippen molar-refractivity contribution in [2.75, 3.05) is 0 Å². The highest BCUT2D eigenvalue weighted by atomic mass is 79.9. The summed E-state index contributed by atoms with van der Waals surface area (Å²) in [4.78, 5) is 0. The smallest absolute Gasteiger partial charge is 0.131 e. The number of nitrogens with one attached hydrogen (secondary N) is 1. The minimum absolute atomic E-state index is 0.0196. The third kappa shape index (κ3) is 3.87. The molecule has 0 amide bonds. The van der Waals surface area contributed by atoms with Gasteiger partial charge in [0.05, 0.1) is 11.6 Å². The fourth-order valence-corrected chi connectivity index (χ4v) is 2.40. The Morgan fingerprint density at radius 2 is 1.90 bits per heavy atom. The number of benzene rings is 2. The van der Waals surface area contributed by atoms with Crippen molar-refractivity contribution >= 4 is 15.9 Å². The lowest BCUT2D eigenvalue weighted by Gasteiger charge is -2.15. The molecule has 2 nitrogen and oxygen atoms in total. The highest BCUT2D eigenvalue weighted by Crippen LogP contribution is 2.20. The lowest BCUT2D eigenvalue weighted by Crippen LogP contribution is -2.19. The lowest BCUT2D eigenvalue weighted by atomic mass is 10.1. The van der Waals surface area contributed by atoms with Crippen LogP contribution >= 0.6 is 15.9 Å². The molecule has 0 heterocycles. The average molecular weight is 351 g/mol. The fraction of sp³-hybridized carbons (Fsp3) is 0.188. The Kier molecular flexibility index (Phi) is 5.05. The largest absolute Gasteiger partial charge is 0.306 e. The number of hydrogen-bond donors (Lipinski definition) is 1. The number of halogens is 3. The third-order valence-corrected chi connectivity index (χ3v) is 3.70. The zero-order chi connectivity index (χ0) is 15.4. The van der Waals surface area contributed by atoms with Gasteiger partial charge < -0.3 is 5.32 Å². The van der Waals surface area contributed by atoms with Crippen LogP contribution in [0.3, 0.4) is 0 Å². The van der Waals surface area contributed by atoms with Crippen LogP contribution in [-0.2, 0) is 6.54 Å². The molecular formula is C16H13BrF2N2. The van der Waals surface area contributed by atoms with Crippen molar-refractivity contribution < 1.29 is 8.78 Å². The van der Waals surface area contributed by atoms with E-state index in [1.807, 2.05) is 31.2 Å². The van der Waals surface area contributed by atoms with E-state index in [4.69, 9.17) is 5.26 Å². The van der Waals surface area contributed by atoms with Gasteiger partial charge in [-0.25, -0.2) is 8.78 Å². The summed E-state index contributed by atoms with van der Waals surface area (Å²) in [5.41, 5.74) is 0.934. The van der Waals surface area contributed by atoms with Crippen LogP contribution in [0, 0.1) is 23.0 Å². The summed E-state index contributed by atoms with van der Waals surface area (Å²) in [6, 6.07) is 11.5. The number of hydrogen-bond acceptors (Lipinski definition) is 2. The first-order valence-corrected chi connectivity index (χ1v) is 7.17. The molecule has 2 rings (SSSR count). The quantitative estimate of drug-likeness (QED) is 0.884. The van der Waals surface area contributed by atoms with Crippen molar-refractivity contribution in [1.82, 2.24) is 5.32 Å². The van der Waals surface area contributed by atoms with E-state index in [2.05, 4.69) is 21.2 Å². The highest BCUT2D eigenvalue weighted by molar-refractivity contribution is 9.10. The summed E-state index contributed by atoms with van der Waals surface area (Å²) in [7, 11) is 0. The zero-order valence-electron chi connectivity index (χ0n) is 11.3. The van der Waals surface area contributed by atoms with Gasteiger partial charge in [-0.3, -0.25) is 0 Å². The van der Waals surface area contributed by atoms with Crippen LogP contribution in [0.25, 0.3) is 0 Å². The third-order valence-electron chi connectivity index (χ3n) is 3.20. The van der Waals surface area contributed by atoms with Crippen LogP contribution in [0.5, 0.6) is 0 Å². The maximum absolute atomic E-state index is 13.8. The molecule has 0 aromatic heterocycles. The normalized spacial score (nSPS) is 12.0. The first kappa shape index (κ1) is 15.6. The molecule has 0 aliphatic rings. The Hall–Kier alpha value is -1.77. The van der Waals surface area contributed by atoms with Crippen LogP contribution in [-0.4, -0.2) is 0 Å². The molecule has 0 bridgehead atoms. The summed E-state index contributed by atoms with van der Waals surface area (Å²) in [5, 5.41) is 11.7. The fourth-order valence-electron chi connectivity index (χ4n) is 1.99. The first-order chi connectivity index (χ1) is 10.0. The molecule has 0 radical (unpaired) electrons. The van der Waals surface area contributed by atoms with E-state index in [0.717, 1.165) is 22.2 Å². The zero-order valence-corrected chi connectivity index (χ0v) is 12.9. The number of rotatable bonds is 4. The molecule has 1 N–H and O–H groups in total. The van der Waals surface area contributed by atoms with Crippen LogP contribution in [0.15, 0.2) is 40.9 Å². The molecule has 2 aromatic carbocycles. The summed E-state index contributed by atoms with van der Waals surface area (Å²) in [6.07, 6.45) is 0. The van der Waals surface area contributed by atoms with Gasteiger partial charge in [0.25, 0.3) is 0 Å². The van der Waals surface area contributed by atoms with Crippen LogP contribution < -0.4 is 5.32 Å². The molecule has 0 aliphatic carbocycles. The maximum atomic E-state index is 13.8. The molecule has 108 valence electrons. The minimum Gasteiger partial charge on any atom is -0.306 e.